The van der Waals surface area contributed by atoms with Crippen molar-refractivity contribution in [1.29, 1.82) is 0 Å². The van der Waals surface area contributed by atoms with E-state index in [0.29, 0.717) is 37.0 Å². The van der Waals surface area contributed by atoms with Gasteiger partial charge in [-0.2, -0.15) is 20.3 Å². The average molecular weight is 520 g/mol. The summed E-state index contributed by atoms with van der Waals surface area (Å²) < 4.78 is 19.5. The number of pyridine rings is 1. The first-order valence-corrected chi connectivity index (χ1v) is 11.9. The molecule has 0 atom stereocenters. The van der Waals surface area contributed by atoms with Crippen molar-refractivity contribution < 1.29 is 9.13 Å². The van der Waals surface area contributed by atoms with Gasteiger partial charge in [-0.05, 0) is 48.9 Å². The van der Waals surface area contributed by atoms with Crippen LogP contribution in [0, 0.1) is 12.7 Å². The predicted molar refractivity (Wildman–Crippen MR) is 141 cm³/mol. The number of nitrogens with zero attached hydrogens (tertiary/aromatic N) is 7. The Morgan fingerprint density at radius 2 is 1.92 bits per heavy atom. The normalized spacial score (nSPS) is 13.6. The van der Waals surface area contributed by atoms with Crippen LogP contribution in [0.15, 0.2) is 60.1 Å². The van der Waals surface area contributed by atoms with Gasteiger partial charge in [0.1, 0.15) is 0 Å². The summed E-state index contributed by atoms with van der Waals surface area (Å²) in [5.41, 5.74) is 7.50. The minimum absolute atomic E-state index is 0.187. The molecule has 3 aromatic heterocycles. The van der Waals surface area contributed by atoms with Gasteiger partial charge in [-0.3, -0.25) is 4.98 Å². The molecule has 0 unspecified atom stereocenters. The number of aryl methyl sites for hydroxylation is 1. The van der Waals surface area contributed by atoms with E-state index in [0.717, 1.165) is 34.4 Å². The van der Waals surface area contributed by atoms with Gasteiger partial charge in [0.15, 0.2) is 11.6 Å². The summed E-state index contributed by atoms with van der Waals surface area (Å²) in [5, 5.41) is 16.2. The summed E-state index contributed by atoms with van der Waals surface area (Å²) in [6.07, 6.45) is 6.04. The fourth-order valence-corrected chi connectivity index (χ4v) is 3.94. The van der Waals surface area contributed by atoms with Crippen molar-refractivity contribution in [3.8, 4) is 11.3 Å². The molecule has 0 saturated carbocycles. The first-order chi connectivity index (χ1) is 18.0. The van der Waals surface area contributed by atoms with E-state index in [-0.39, 0.29) is 11.8 Å². The third kappa shape index (κ3) is 6.32. The molecule has 0 aliphatic carbocycles. The topological polar surface area (TPSA) is 113 Å². The minimum Gasteiger partial charge on any atom is -0.378 e. The molecule has 0 amide bonds. The lowest BCUT2D eigenvalue weighted by atomic mass is 10.1. The van der Waals surface area contributed by atoms with E-state index in [1.54, 1.807) is 18.5 Å². The van der Waals surface area contributed by atoms with E-state index in [2.05, 4.69) is 41.0 Å². The SMILES string of the molecule is Cc1cnnc(-c2cc(Cl)cc(Nc3ccc(/C=N/Nc4ncc(F)c(N5CCOCC5)n4)nc3)c2)c1. The Balaban J connectivity index is 1.23. The van der Waals surface area contributed by atoms with Gasteiger partial charge >= 0.3 is 0 Å². The van der Waals surface area contributed by atoms with Crippen LogP contribution < -0.4 is 15.6 Å². The molecule has 12 heteroatoms. The van der Waals surface area contributed by atoms with E-state index in [1.165, 1.54) is 6.21 Å². The largest absolute Gasteiger partial charge is 0.378 e. The smallest absolute Gasteiger partial charge is 0.245 e. The number of hydrazone groups is 1. The van der Waals surface area contributed by atoms with Crippen LogP contribution in [0.3, 0.4) is 0 Å². The molecule has 1 aromatic carbocycles. The number of aromatic nitrogens is 5. The molecular weight excluding hydrogens is 497 g/mol. The van der Waals surface area contributed by atoms with Crippen LogP contribution in [0.1, 0.15) is 11.3 Å². The molecule has 0 spiro atoms. The Bertz CT molecular complexity index is 1410. The second-order valence-corrected chi connectivity index (χ2v) is 8.71. The number of hydrogen-bond donors (Lipinski definition) is 2. The van der Waals surface area contributed by atoms with Crippen LogP contribution in [-0.4, -0.2) is 57.7 Å². The molecule has 4 heterocycles. The quantitative estimate of drug-likeness (QED) is 0.270. The number of rotatable bonds is 7. The van der Waals surface area contributed by atoms with Crippen LogP contribution in [0.2, 0.25) is 5.02 Å². The van der Waals surface area contributed by atoms with Gasteiger partial charge in [-0.15, -0.1) is 0 Å². The van der Waals surface area contributed by atoms with E-state index >= 15 is 0 Å². The lowest BCUT2D eigenvalue weighted by Crippen LogP contribution is -2.37. The fourth-order valence-electron chi connectivity index (χ4n) is 3.70. The number of morpholine rings is 1. The van der Waals surface area contributed by atoms with Crippen molar-refractivity contribution in [2.75, 3.05) is 41.9 Å². The Hall–Kier alpha value is -4.22. The van der Waals surface area contributed by atoms with Gasteiger partial charge in [0, 0.05) is 29.4 Å². The maximum atomic E-state index is 14.2. The van der Waals surface area contributed by atoms with Gasteiger partial charge in [0.05, 0.1) is 55.1 Å². The number of halogens is 2. The van der Waals surface area contributed by atoms with Crippen LogP contribution in [0.4, 0.5) is 27.5 Å². The first-order valence-electron chi connectivity index (χ1n) is 11.5. The highest BCUT2D eigenvalue weighted by molar-refractivity contribution is 6.31. The molecule has 1 aliphatic heterocycles. The highest BCUT2D eigenvalue weighted by Gasteiger charge is 2.17. The number of ether oxygens (including phenoxy) is 1. The monoisotopic (exact) mass is 519 g/mol. The Morgan fingerprint density at radius 3 is 2.70 bits per heavy atom. The molecule has 1 aliphatic rings. The third-order valence-corrected chi connectivity index (χ3v) is 5.68. The second-order valence-electron chi connectivity index (χ2n) is 8.28. The second kappa shape index (κ2) is 11.2. The summed E-state index contributed by atoms with van der Waals surface area (Å²) in [6.45, 7) is 4.15. The maximum Gasteiger partial charge on any atom is 0.245 e. The van der Waals surface area contributed by atoms with Gasteiger partial charge in [-0.25, -0.2) is 14.8 Å². The zero-order valence-electron chi connectivity index (χ0n) is 19.9. The molecule has 188 valence electrons. The maximum absolute atomic E-state index is 14.2. The summed E-state index contributed by atoms with van der Waals surface area (Å²) in [6, 6.07) is 11.2. The summed E-state index contributed by atoms with van der Waals surface area (Å²) in [5.74, 6) is -0.0736. The van der Waals surface area contributed by atoms with Crippen molar-refractivity contribution in [3.63, 3.8) is 0 Å². The lowest BCUT2D eigenvalue weighted by molar-refractivity contribution is 0.122. The van der Waals surface area contributed by atoms with Crippen molar-refractivity contribution in [2.45, 2.75) is 6.92 Å². The summed E-state index contributed by atoms with van der Waals surface area (Å²) in [4.78, 5) is 14.4. The standard InChI is InChI=1S/C25H23ClFN9O/c1-16-8-23(34-30-12-16)17-9-18(26)11-21(10-17)32-20-3-2-19(28-13-20)14-31-35-25-29-15-22(27)24(33-25)36-4-6-37-7-5-36/h2-3,8-15,32H,4-7H2,1H3,(H,29,33,35)/b31-14+. The number of hydrogen-bond acceptors (Lipinski definition) is 10. The summed E-state index contributed by atoms with van der Waals surface area (Å²) in [7, 11) is 0. The van der Waals surface area contributed by atoms with Gasteiger partial charge in [0.25, 0.3) is 0 Å². The van der Waals surface area contributed by atoms with Gasteiger partial charge < -0.3 is 15.0 Å². The minimum atomic E-state index is -0.486. The molecule has 10 nitrogen and oxygen atoms in total. The van der Waals surface area contributed by atoms with Crippen molar-refractivity contribution in [3.05, 3.63) is 77.1 Å². The van der Waals surface area contributed by atoms with Crippen LogP contribution in [0.5, 0.6) is 0 Å². The Morgan fingerprint density at radius 1 is 1.05 bits per heavy atom. The van der Waals surface area contributed by atoms with Crippen molar-refractivity contribution in [2.24, 2.45) is 5.10 Å². The molecule has 0 radical (unpaired) electrons. The zero-order chi connectivity index (χ0) is 25.6. The number of nitrogens with one attached hydrogen (secondary N) is 2. The van der Waals surface area contributed by atoms with Crippen LogP contribution in [0.25, 0.3) is 11.3 Å². The fraction of sp³-hybridized carbons (Fsp3) is 0.200. The highest BCUT2D eigenvalue weighted by atomic mass is 35.5. The molecule has 37 heavy (non-hydrogen) atoms. The highest BCUT2D eigenvalue weighted by Crippen LogP contribution is 2.28. The number of benzene rings is 1. The van der Waals surface area contributed by atoms with E-state index in [4.69, 9.17) is 16.3 Å². The average Bonchev–Trinajstić information content (AvgIpc) is 2.91. The molecular formula is C25H23ClFN9O. The van der Waals surface area contributed by atoms with Crippen LogP contribution in [-0.2, 0) is 4.74 Å². The van der Waals surface area contributed by atoms with Gasteiger partial charge in [0.2, 0.25) is 5.95 Å². The first kappa shape index (κ1) is 24.5. The van der Waals surface area contributed by atoms with E-state index < -0.39 is 5.82 Å². The van der Waals surface area contributed by atoms with Crippen molar-refractivity contribution in [1.82, 2.24) is 25.1 Å². The third-order valence-electron chi connectivity index (χ3n) is 5.46. The predicted octanol–water partition coefficient (Wildman–Crippen LogP) is 4.46. The molecule has 5 rings (SSSR count). The Labute approximate surface area is 217 Å². The lowest BCUT2D eigenvalue weighted by Gasteiger charge is -2.27. The molecule has 4 aromatic rings. The molecule has 2 N–H and O–H groups in total. The molecule has 0 bridgehead atoms. The number of anilines is 4. The molecule has 1 fully saturated rings. The van der Waals surface area contributed by atoms with Crippen LogP contribution >= 0.6 is 11.6 Å². The van der Waals surface area contributed by atoms with Gasteiger partial charge in [-0.1, -0.05) is 11.6 Å². The van der Waals surface area contributed by atoms with E-state index in [9.17, 15) is 4.39 Å². The zero-order valence-corrected chi connectivity index (χ0v) is 20.7. The Kier molecular flexibility index (Phi) is 7.43. The summed E-state index contributed by atoms with van der Waals surface area (Å²) >= 11 is 6.33. The molecule has 1 saturated heterocycles. The van der Waals surface area contributed by atoms with E-state index in [1.807, 2.05) is 42.2 Å². The van der Waals surface area contributed by atoms with Crippen molar-refractivity contribution >= 4 is 41.0 Å².